The predicted molar refractivity (Wildman–Crippen MR) is 164 cm³/mol. The van der Waals surface area contributed by atoms with E-state index >= 15 is 0 Å². The molecule has 4 N–H and O–H groups in total. The van der Waals surface area contributed by atoms with Crippen LogP contribution in [-0.2, 0) is 25.5 Å². The molecule has 0 bridgehead atoms. The first kappa shape index (κ1) is 31.4. The lowest BCUT2D eigenvalue weighted by Crippen LogP contribution is -2.69. The third-order valence-corrected chi connectivity index (χ3v) is 13.0. The van der Waals surface area contributed by atoms with Crippen LogP contribution in [0.2, 0.25) is 0 Å². The van der Waals surface area contributed by atoms with E-state index in [1.807, 2.05) is 24.5 Å². The average Bonchev–Trinajstić information content (AvgIpc) is 3.56. The van der Waals surface area contributed by atoms with E-state index in [0.29, 0.717) is 51.7 Å². The number of aliphatic imine (C=N–C) groups is 1. The van der Waals surface area contributed by atoms with Crippen molar-refractivity contribution in [3.63, 3.8) is 0 Å². The second-order valence-corrected chi connectivity index (χ2v) is 15.0. The zero-order valence-electron chi connectivity index (χ0n) is 26.4. The number of aromatic nitrogens is 1. The molecule has 3 heterocycles. The Morgan fingerprint density at radius 2 is 1.93 bits per heavy atom. The summed E-state index contributed by atoms with van der Waals surface area (Å²) in [6.07, 6.45) is 10.2. The largest absolute Gasteiger partial charge is 0.458 e. The number of aliphatic hydroxyl groups is 4. The molecule has 4 saturated carbocycles. The van der Waals surface area contributed by atoms with Crippen molar-refractivity contribution in [1.29, 1.82) is 0 Å². The van der Waals surface area contributed by atoms with Crippen molar-refractivity contribution in [3.8, 4) is 0 Å². The lowest BCUT2D eigenvalue weighted by atomic mass is 9.41. The van der Waals surface area contributed by atoms with Crippen LogP contribution >= 0.6 is 0 Å². The minimum absolute atomic E-state index is 0.0124. The van der Waals surface area contributed by atoms with Crippen molar-refractivity contribution in [2.45, 2.75) is 127 Å². The minimum atomic E-state index is -1.09. The maximum absolute atomic E-state index is 12.7. The summed E-state index contributed by atoms with van der Waals surface area (Å²) in [5.74, 6) is -0.171. The Balaban J connectivity index is 1.17. The van der Waals surface area contributed by atoms with E-state index in [-0.39, 0.29) is 41.7 Å². The monoisotopic (exact) mass is 624 g/mol. The number of pyridine rings is 1. The number of nitrogens with zero attached hydrogens (tertiary/aromatic N) is 2. The highest BCUT2D eigenvalue weighted by Crippen LogP contribution is 2.70. The van der Waals surface area contributed by atoms with Gasteiger partial charge in [0.25, 0.3) is 0 Å². The van der Waals surface area contributed by atoms with Gasteiger partial charge in [0, 0.05) is 48.4 Å². The third-order valence-electron chi connectivity index (χ3n) is 13.0. The SMILES string of the molecule is C[C@@H]1O[C@@H](O[C@@H]2CC[C@@]3(C=NCc4cccnc4)[C@@H]4CC[C@@]5(C)[C@@H](C6=CC(=O)OC6)CC[C@]5(O)[C@@H]4CC[C@]3(O)C2)C[C@@H](O)[C@@H]1O. The van der Waals surface area contributed by atoms with Crippen molar-refractivity contribution < 1.29 is 39.4 Å². The molecule has 7 rings (SSSR count). The zero-order chi connectivity index (χ0) is 31.6. The average molecular weight is 625 g/mol. The van der Waals surface area contributed by atoms with Crippen LogP contribution in [0.15, 0.2) is 41.2 Å². The van der Waals surface area contributed by atoms with E-state index < -0.39 is 41.2 Å². The maximum Gasteiger partial charge on any atom is 0.331 e. The van der Waals surface area contributed by atoms with Gasteiger partial charge in [-0.05, 0) is 93.2 Å². The van der Waals surface area contributed by atoms with Gasteiger partial charge in [-0.1, -0.05) is 13.0 Å². The van der Waals surface area contributed by atoms with Gasteiger partial charge in [-0.2, -0.15) is 0 Å². The van der Waals surface area contributed by atoms with Gasteiger partial charge in [0.1, 0.15) is 12.7 Å². The number of fused-ring (bicyclic) bond motifs is 5. The molecule has 45 heavy (non-hydrogen) atoms. The molecule has 1 saturated heterocycles. The fourth-order valence-electron chi connectivity index (χ4n) is 10.6. The fourth-order valence-corrected chi connectivity index (χ4v) is 10.6. The van der Waals surface area contributed by atoms with Gasteiger partial charge >= 0.3 is 5.97 Å². The van der Waals surface area contributed by atoms with Crippen LogP contribution in [0.5, 0.6) is 0 Å². The molecule has 0 amide bonds. The second kappa shape index (κ2) is 11.5. The molecular weight excluding hydrogens is 576 g/mol. The number of carbonyl (C=O) groups excluding carboxylic acids is 1. The summed E-state index contributed by atoms with van der Waals surface area (Å²) in [4.78, 5) is 21.2. The number of rotatable bonds is 6. The Labute approximate surface area is 264 Å². The normalized spacial score (nSPS) is 48.0. The summed E-state index contributed by atoms with van der Waals surface area (Å²) in [6, 6.07) is 3.90. The molecular formula is C35H48N2O8. The van der Waals surface area contributed by atoms with Gasteiger partial charge in [-0.3, -0.25) is 9.98 Å². The smallest absolute Gasteiger partial charge is 0.331 e. The van der Waals surface area contributed by atoms with Gasteiger partial charge < -0.3 is 34.6 Å². The molecule has 6 aliphatic rings. The van der Waals surface area contributed by atoms with Crippen LogP contribution in [0, 0.1) is 28.6 Å². The van der Waals surface area contributed by atoms with Crippen LogP contribution in [0.3, 0.4) is 0 Å². The van der Waals surface area contributed by atoms with E-state index in [1.54, 1.807) is 19.2 Å². The molecule has 0 unspecified atom stereocenters. The Bertz CT molecular complexity index is 1330. The molecule has 0 radical (unpaired) electrons. The minimum Gasteiger partial charge on any atom is -0.458 e. The summed E-state index contributed by atoms with van der Waals surface area (Å²) in [5.41, 5.74) is -1.03. The molecule has 246 valence electrons. The zero-order valence-corrected chi connectivity index (χ0v) is 26.4. The number of cyclic esters (lactones) is 1. The highest BCUT2D eigenvalue weighted by molar-refractivity contribution is 5.85. The standard InChI is InChI=1S/C35H48N2O8/c1-21-31(40)28(38)15-30(44-21)45-24-5-10-33(20-37-18-22-4-3-13-36-17-22)26-6-9-32(2)25(23-14-29(39)43-19-23)8-12-35(32,42)27(26)7-11-34(33,41)16-24/h3-4,13-14,17,20-21,24-28,30-31,38,40-42H,5-12,15-16,18-19H2,1-2H3/t21-,24+,25+,26+,27+,28+,30-,31+,32-,33+,34-,35-/m0/s1. The van der Waals surface area contributed by atoms with Crippen LogP contribution < -0.4 is 0 Å². The molecule has 0 aromatic carbocycles. The number of hydrogen-bond donors (Lipinski definition) is 4. The summed E-state index contributed by atoms with van der Waals surface area (Å²) in [6.45, 7) is 4.71. The number of hydrogen-bond acceptors (Lipinski definition) is 10. The molecule has 12 atom stereocenters. The lowest BCUT2D eigenvalue weighted by Gasteiger charge is -2.66. The van der Waals surface area contributed by atoms with Gasteiger partial charge in [0.15, 0.2) is 6.29 Å². The first-order chi connectivity index (χ1) is 21.5. The molecule has 5 fully saturated rings. The number of aliphatic hydroxyl groups excluding tert-OH is 2. The summed E-state index contributed by atoms with van der Waals surface area (Å²) in [5, 5.41) is 45.9. The summed E-state index contributed by atoms with van der Waals surface area (Å²) < 4.78 is 17.5. The highest BCUT2D eigenvalue weighted by Gasteiger charge is 2.71. The van der Waals surface area contributed by atoms with Crippen LogP contribution in [0.25, 0.3) is 0 Å². The van der Waals surface area contributed by atoms with Crippen molar-refractivity contribution in [1.82, 2.24) is 4.98 Å². The van der Waals surface area contributed by atoms with Gasteiger partial charge in [-0.15, -0.1) is 0 Å². The molecule has 1 aromatic rings. The molecule has 2 aliphatic heterocycles. The third kappa shape index (κ3) is 5.02. The van der Waals surface area contributed by atoms with Crippen LogP contribution in [-0.4, -0.2) is 86.1 Å². The fraction of sp³-hybridized carbons (Fsp3) is 0.743. The van der Waals surface area contributed by atoms with Crippen molar-refractivity contribution >= 4 is 12.2 Å². The number of ether oxygens (including phenoxy) is 3. The van der Waals surface area contributed by atoms with E-state index in [4.69, 9.17) is 19.2 Å². The van der Waals surface area contributed by atoms with E-state index in [9.17, 15) is 25.2 Å². The maximum atomic E-state index is 12.7. The predicted octanol–water partition coefficient (Wildman–Crippen LogP) is 3.25. The van der Waals surface area contributed by atoms with Crippen LogP contribution in [0.4, 0.5) is 0 Å². The van der Waals surface area contributed by atoms with Gasteiger partial charge in [0.05, 0.1) is 36.1 Å². The van der Waals surface area contributed by atoms with E-state index in [2.05, 4.69) is 11.9 Å². The number of esters is 1. The van der Waals surface area contributed by atoms with Gasteiger partial charge in [-0.25, -0.2) is 4.79 Å². The first-order valence-electron chi connectivity index (χ1n) is 16.9. The second-order valence-electron chi connectivity index (χ2n) is 15.0. The van der Waals surface area contributed by atoms with Crippen LogP contribution in [0.1, 0.15) is 83.6 Å². The van der Waals surface area contributed by atoms with E-state index in [0.717, 1.165) is 30.4 Å². The molecule has 1 aromatic heterocycles. The Hall–Kier alpha value is -2.21. The molecule has 4 aliphatic carbocycles. The molecule has 0 spiro atoms. The number of carbonyl (C=O) groups is 1. The Kier molecular flexibility index (Phi) is 8.02. The quantitative estimate of drug-likeness (QED) is 0.212. The van der Waals surface area contributed by atoms with E-state index in [1.165, 1.54) is 0 Å². The Morgan fingerprint density at radius 1 is 1.11 bits per heavy atom. The van der Waals surface area contributed by atoms with Gasteiger partial charge in [0.2, 0.25) is 0 Å². The van der Waals surface area contributed by atoms with Crippen molar-refractivity contribution in [2.75, 3.05) is 6.61 Å². The first-order valence-corrected chi connectivity index (χ1v) is 16.9. The Morgan fingerprint density at radius 3 is 2.67 bits per heavy atom. The topological polar surface area (TPSA) is 151 Å². The lowest BCUT2D eigenvalue weighted by molar-refractivity contribution is -0.282. The summed E-state index contributed by atoms with van der Waals surface area (Å²) in [7, 11) is 0. The van der Waals surface area contributed by atoms with Crippen molar-refractivity contribution in [2.24, 2.45) is 33.6 Å². The van der Waals surface area contributed by atoms with Crippen molar-refractivity contribution in [3.05, 3.63) is 41.7 Å². The molecule has 10 nitrogen and oxygen atoms in total. The highest BCUT2D eigenvalue weighted by atomic mass is 16.7. The summed E-state index contributed by atoms with van der Waals surface area (Å²) >= 11 is 0. The molecule has 10 heteroatoms.